The molecule has 9 heteroatoms. The Morgan fingerprint density at radius 3 is 2.65 bits per heavy atom. The number of rotatable bonds is 5. The number of pyridine rings is 1. The molecule has 3 aromatic carbocycles. The molecule has 1 aliphatic heterocycles. The lowest BCUT2D eigenvalue weighted by molar-refractivity contribution is 0.174. The van der Waals surface area contributed by atoms with Gasteiger partial charge in [0.25, 0.3) is 0 Å². The molecule has 5 aromatic rings. The van der Waals surface area contributed by atoms with Crippen LogP contribution in [0, 0.1) is 5.82 Å². The number of anilines is 2. The third-order valence-electron chi connectivity index (χ3n) is 6.67. The van der Waals surface area contributed by atoms with Crippen molar-refractivity contribution in [1.82, 2.24) is 19.7 Å². The molecular formula is C28H25FN6O2. The van der Waals surface area contributed by atoms with E-state index in [0.717, 1.165) is 28.3 Å². The van der Waals surface area contributed by atoms with Crippen LogP contribution in [-0.4, -0.2) is 26.5 Å². The first kappa shape index (κ1) is 22.8. The average molecular weight is 497 g/mol. The molecule has 0 saturated heterocycles. The molecule has 1 unspecified atom stereocenters. The van der Waals surface area contributed by atoms with E-state index in [9.17, 15) is 0 Å². The molecule has 37 heavy (non-hydrogen) atoms. The van der Waals surface area contributed by atoms with E-state index in [-0.39, 0.29) is 12.6 Å². The second-order valence-electron chi connectivity index (χ2n) is 9.04. The minimum atomic E-state index is -0.667. The van der Waals surface area contributed by atoms with Gasteiger partial charge in [-0.15, -0.1) is 0 Å². The highest BCUT2D eigenvalue weighted by Gasteiger charge is 2.29. The van der Waals surface area contributed by atoms with Gasteiger partial charge in [0.15, 0.2) is 17.3 Å². The van der Waals surface area contributed by atoms with E-state index in [4.69, 9.17) is 30.9 Å². The fraction of sp³-hybridized carbons (Fsp3) is 0.179. The summed E-state index contributed by atoms with van der Waals surface area (Å²) in [6.07, 6.45) is 0.755. The van der Waals surface area contributed by atoms with E-state index in [1.54, 1.807) is 23.9 Å². The van der Waals surface area contributed by atoms with E-state index in [0.29, 0.717) is 45.9 Å². The van der Waals surface area contributed by atoms with E-state index in [1.807, 2.05) is 49.4 Å². The number of halogens is 1. The Bertz CT molecular complexity index is 1660. The smallest absolute Gasteiger partial charge is 0.231 e. The van der Waals surface area contributed by atoms with Gasteiger partial charge in [-0.2, -0.15) is 5.10 Å². The number of fused-ring (bicyclic) bond motifs is 2. The maximum absolute atomic E-state index is 15.5. The standard InChI is InChI=1S/C28H25FN6O2/c1-3-15-4-8-21(29)20(10-15)25(22-12-17-11-18(30)6-7-19(17)26(31)32-22)28-33-27(34-35(28)2)16-5-9-23-24(13-16)37-14-36-23/h4-13,25H,3,14,30H2,1-2H3,(H2,31,32). The minimum absolute atomic E-state index is 0.175. The van der Waals surface area contributed by atoms with Crippen molar-refractivity contribution in [2.45, 2.75) is 19.3 Å². The Morgan fingerprint density at radius 1 is 0.973 bits per heavy atom. The summed E-state index contributed by atoms with van der Waals surface area (Å²) in [6, 6.07) is 18.0. The van der Waals surface area contributed by atoms with Crippen LogP contribution in [0.2, 0.25) is 0 Å². The predicted molar refractivity (Wildman–Crippen MR) is 140 cm³/mol. The molecule has 8 nitrogen and oxygen atoms in total. The van der Waals surface area contributed by atoms with Crippen molar-refractivity contribution in [3.8, 4) is 22.9 Å². The topological polar surface area (TPSA) is 114 Å². The number of benzene rings is 3. The van der Waals surface area contributed by atoms with Gasteiger partial charge in [-0.25, -0.2) is 14.4 Å². The summed E-state index contributed by atoms with van der Waals surface area (Å²) in [5, 5.41) is 6.25. The number of nitrogen functional groups attached to an aromatic ring is 2. The van der Waals surface area contributed by atoms with E-state index < -0.39 is 5.92 Å². The van der Waals surface area contributed by atoms with Crippen LogP contribution in [0.5, 0.6) is 11.5 Å². The maximum Gasteiger partial charge on any atom is 0.231 e. The molecule has 2 aromatic heterocycles. The quantitative estimate of drug-likeness (QED) is 0.336. The van der Waals surface area contributed by atoms with Gasteiger partial charge in [0.1, 0.15) is 17.5 Å². The molecule has 1 atom stereocenters. The van der Waals surface area contributed by atoms with Crippen molar-refractivity contribution in [2.75, 3.05) is 18.3 Å². The Labute approximate surface area is 212 Å². The first-order valence-corrected chi connectivity index (χ1v) is 12.0. The number of aryl methyl sites for hydroxylation is 2. The second kappa shape index (κ2) is 8.77. The lowest BCUT2D eigenvalue weighted by atomic mass is 9.91. The van der Waals surface area contributed by atoms with Gasteiger partial charge in [0, 0.05) is 29.2 Å². The Kier molecular flexibility index (Phi) is 5.40. The largest absolute Gasteiger partial charge is 0.454 e. The lowest BCUT2D eigenvalue weighted by Crippen LogP contribution is -2.14. The van der Waals surface area contributed by atoms with E-state index in [1.165, 1.54) is 6.07 Å². The zero-order chi connectivity index (χ0) is 25.7. The van der Waals surface area contributed by atoms with Crippen LogP contribution in [-0.2, 0) is 13.5 Å². The zero-order valence-corrected chi connectivity index (χ0v) is 20.4. The average Bonchev–Trinajstić information content (AvgIpc) is 3.51. The Balaban J connectivity index is 1.56. The Morgan fingerprint density at radius 2 is 1.81 bits per heavy atom. The van der Waals surface area contributed by atoms with Gasteiger partial charge in [-0.3, -0.25) is 4.68 Å². The maximum atomic E-state index is 15.5. The van der Waals surface area contributed by atoms with Crippen molar-refractivity contribution >= 4 is 22.3 Å². The third kappa shape index (κ3) is 3.98. The van der Waals surface area contributed by atoms with Crippen LogP contribution in [0.15, 0.2) is 60.7 Å². The lowest BCUT2D eigenvalue weighted by Gasteiger charge is -2.19. The highest BCUT2D eigenvalue weighted by molar-refractivity contribution is 5.93. The summed E-state index contributed by atoms with van der Waals surface area (Å²) in [5.74, 6) is 1.61. The van der Waals surface area contributed by atoms with Crippen molar-refractivity contribution in [3.63, 3.8) is 0 Å². The molecule has 6 rings (SSSR count). The number of hydrogen-bond acceptors (Lipinski definition) is 7. The fourth-order valence-electron chi connectivity index (χ4n) is 4.74. The third-order valence-corrected chi connectivity index (χ3v) is 6.67. The SMILES string of the molecule is CCc1ccc(F)c(C(c2cc3cc(N)ccc3c(N)n2)c2nc(-c3ccc4c(c3)OCO4)nn2C)c1. The van der Waals surface area contributed by atoms with Crippen molar-refractivity contribution in [1.29, 1.82) is 0 Å². The molecule has 0 aliphatic carbocycles. The number of nitrogens with two attached hydrogens (primary N) is 2. The van der Waals surface area contributed by atoms with Gasteiger partial charge in [-0.1, -0.05) is 19.1 Å². The molecule has 0 fully saturated rings. The molecule has 0 spiro atoms. The van der Waals surface area contributed by atoms with Crippen LogP contribution >= 0.6 is 0 Å². The summed E-state index contributed by atoms with van der Waals surface area (Å²) in [6.45, 7) is 2.20. The molecule has 4 N–H and O–H groups in total. The number of hydrogen-bond donors (Lipinski definition) is 2. The van der Waals surface area contributed by atoms with Crippen LogP contribution in [0.25, 0.3) is 22.2 Å². The van der Waals surface area contributed by atoms with Crippen molar-refractivity contribution in [2.24, 2.45) is 7.05 Å². The molecule has 0 saturated carbocycles. The van der Waals surface area contributed by atoms with E-state index >= 15 is 4.39 Å². The van der Waals surface area contributed by atoms with Gasteiger partial charge in [0.05, 0.1) is 11.6 Å². The van der Waals surface area contributed by atoms with Crippen molar-refractivity contribution in [3.05, 3.63) is 89.1 Å². The van der Waals surface area contributed by atoms with Gasteiger partial charge in [-0.05, 0) is 65.9 Å². The monoisotopic (exact) mass is 496 g/mol. The molecule has 186 valence electrons. The summed E-state index contributed by atoms with van der Waals surface area (Å²) >= 11 is 0. The van der Waals surface area contributed by atoms with Gasteiger partial charge < -0.3 is 20.9 Å². The molecular weight excluding hydrogens is 471 g/mol. The predicted octanol–water partition coefficient (Wildman–Crippen LogP) is 4.81. The van der Waals surface area contributed by atoms with Crippen LogP contribution < -0.4 is 20.9 Å². The highest BCUT2D eigenvalue weighted by Crippen LogP contribution is 2.38. The second-order valence-corrected chi connectivity index (χ2v) is 9.04. The van der Waals surface area contributed by atoms with Crippen LogP contribution in [0.3, 0.4) is 0 Å². The summed E-state index contributed by atoms with van der Waals surface area (Å²) in [4.78, 5) is 9.57. The number of aromatic nitrogens is 4. The number of ether oxygens (including phenoxy) is 2. The van der Waals surface area contributed by atoms with E-state index in [2.05, 4.69) is 5.10 Å². The first-order chi connectivity index (χ1) is 17.9. The summed E-state index contributed by atoms with van der Waals surface area (Å²) in [7, 11) is 1.79. The summed E-state index contributed by atoms with van der Waals surface area (Å²) < 4.78 is 28.1. The van der Waals surface area contributed by atoms with Crippen LogP contribution in [0.4, 0.5) is 15.9 Å². The Hall–Kier alpha value is -4.66. The molecule has 0 amide bonds. The zero-order valence-electron chi connectivity index (χ0n) is 20.4. The molecule has 0 bridgehead atoms. The van der Waals surface area contributed by atoms with Crippen molar-refractivity contribution < 1.29 is 13.9 Å². The molecule has 0 radical (unpaired) electrons. The first-order valence-electron chi connectivity index (χ1n) is 12.0. The fourth-order valence-corrected chi connectivity index (χ4v) is 4.74. The summed E-state index contributed by atoms with van der Waals surface area (Å²) in [5.41, 5.74) is 15.8. The van der Waals surface area contributed by atoms with Gasteiger partial charge in [0.2, 0.25) is 6.79 Å². The van der Waals surface area contributed by atoms with Gasteiger partial charge >= 0.3 is 0 Å². The minimum Gasteiger partial charge on any atom is -0.454 e. The molecule has 1 aliphatic rings. The highest BCUT2D eigenvalue weighted by atomic mass is 19.1. The molecule has 3 heterocycles. The number of nitrogens with zero attached hydrogens (tertiary/aromatic N) is 4. The van der Waals surface area contributed by atoms with Crippen LogP contribution in [0.1, 0.15) is 35.5 Å². The normalized spacial score (nSPS) is 13.3.